The van der Waals surface area contributed by atoms with Gasteiger partial charge in [0.1, 0.15) is 6.10 Å². The Bertz CT molecular complexity index is 620. The van der Waals surface area contributed by atoms with Crippen molar-refractivity contribution in [3.63, 3.8) is 0 Å². The Kier molecular flexibility index (Phi) is 4.89. The van der Waals surface area contributed by atoms with Crippen molar-refractivity contribution in [1.29, 1.82) is 0 Å². The molecule has 3 heterocycles. The van der Waals surface area contributed by atoms with E-state index in [0.717, 1.165) is 15.8 Å². The number of halogens is 1. The fraction of sp³-hybridized carbons (Fsp3) is 0.357. The van der Waals surface area contributed by atoms with Crippen LogP contribution in [0.1, 0.15) is 11.3 Å². The average molecular weight is 383 g/mol. The van der Waals surface area contributed by atoms with Crippen LogP contribution in [-0.4, -0.2) is 40.1 Å². The van der Waals surface area contributed by atoms with E-state index in [0.29, 0.717) is 25.6 Å². The van der Waals surface area contributed by atoms with Gasteiger partial charge in [-0.15, -0.1) is 11.3 Å². The molecule has 0 radical (unpaired) electrons. The highest BCUT2D eigenvalue weighted by molar-refractivity contribution is 9.10. The molecule has 2 aromatic rings. The van der Waals surface area contributed by atoms with Crippen LogP contribution in [0.15, 0.2) is 34.4 Å². The molecule has 1 atom stereocenters. The third kappa shape index (κ3) is 3.95. The summed E-state index contributed by atoms with van der Waals surface area (Å²) in [5.41, 5.74) is 0. The van der Waals surface area contributed by atoms with E-state index in [9.17, 15) is 4.79 Å². The maximum atomic E-state index is 12.1. The van der Waals surface area contributed by atoms with Crippen molar-refractivity contribution in [2.24, 2.45) is 0 Å². The maximum Gasteiger partial charge on any atom is 0.317 e. The van der Waals surface area contributed by atoms with E-state index in [1.165, 1.54) is 0 Å². The van der Waals surface area contributed by atoms with E-state index in [1.807, 2.05) is 17.5 Å². The number of carbonyl (C=O) groups excluding carboxylic acids is 1. The Morgan fingerprint density at radius 3 is 3.05 bits per heavy atom. The van der Waals surface area contributed by atoms with E-state index in [4.69, 9.17) is 4.74 Å². The number of likely N-dealkylation sites (tertiary alicyclic amines) is 1. The molecule has 2 amide bonds. The molecular weight excluding hydrogens is 368 g/mol. The molecule has 1 unspecified atom stereocenters. The molecule has 3 rings (SSSR count). The average Bonchev–Trinajstić information content (AvgIpc) is 3.19. The summed E-state index contributed by atoms with van der Waals surface area (Å²) in [7, 11) is 0. The molecule has 0 spiro atoms. The van der Waals surface area contributed by atoms with Crippen LogP contribution >= 0.6 is 27.3 Å². The number of hydrogen-bond acceptors (Lipinski definition) is 5. The number of amides is 2. The molecule has 0 saturated carbocycles. The zero-order valence-corrected chi connectivity index (χ0v) is 14.1. The van der Waals surface area contributed by atoms with E-state index in [2.05, 4.69) is 31.2 Å². The number of nitrogens with one attached hydrogen (secondary N) is 1. The number of rotatable bonds is 4. The van der Waals surface area contributed by atoms with Crippen LogP contribution in [0.2, 0.25) is 0 Å². The SMILES string of the molecule is O=C(NCc1cccs1)N1CCC(Oc2ncc(Br)cn2)C1. The Balaban J connectivity index is 1.47. The number of urea groups is 1. The first-order chi connectivity index (χ1) is 10.7. The molecule has 2 aromatic heterocycles. The second-order valence-electron chi connectivity index (χ2n) is 4.90. The third-order valence-corrected chi connectivity index (χ3v) is 4.58. The van der Waals surface area contributed by atoms with Gasteiger partial charge in [-0.05, 0) is 27.4 Å². The van der Waals surface area contributed by atoms with Gasteiger partial charge < -0.3 is 15.0 Å². The van der Waals surface area contributed by atoms with Gasteiger partial charge in [0, 0.05) is 30.2 Å². The Morgan fingerprint density at radius 2 is 2.32 bits per heavy atom. The molecule has 1 aliphatic heterocycles. The highest BCUT2D eigenvalue weighted by Crippen LogP contribution is 2.16. The normalized spacial score (nSPS) is 17.5. The van der Waals surface area contributed by atoms with Gasteiger partial charge in [-0.3, -0.25) is 0 Å². The van der Waals surface area contributed by atoms with E-state index >= 15 is 0 Å². The molecule has 8 heteroatoms. The fourth-order valence-electron chi connectivity index (χ4n) is 2.21. The molecule has 0 bridgehead atoms. The van der Waals surface area contributed by atoms with Gasteiger partial charge in [0.05, 0.1) is 17.6 Å². The van der Waals surface area contributed by atoms with E-state index in [1.54, 1.807) is 28.6 Å². The van der Waals surface area contributed by atoms with Gasteiger partial charge in [-0.1, -0.05) is 6.07 Å². The Hall–Kier alpha value is -1.67. The molecular formula is C14H15BrN4O2S. The smallest absolute Gasteiger partial charge is 0.317 e. The second kappa shape index (κ2) is 7.06. The number of aromatic nitrogens is 2. The highest BCUT2D eigenvalue weighted by Gasteiger charge is 2.28. The number of carbonyl (C=O) groups is 1. The first-order valence-electron chi connectivity index (χ1n) is 6.90. The highest BCUT2D eigenvalue weighted by atomic mass is 79.9. The largest absolute Gasteiger partial charge is 0.458 e. The number of thiophene rings is 1. The monoisotopic (exact) mass is 382 g/mol. The minimum absolute atomic E-state index is 0.0591. The molecule has 1 fully saturated rings. The maximum absolute atomic E-state index is 12.1. The lowest BCUT2D eigenvalue weighted by molar-refractivity contribution is 0.178. The Labute approximate surface area is 140 Å². The summed E-state index contributed by atoms with van der Waals surface area (Å²) in [4.78, 5) is 23.2. The van der Waals surface area contributed by atoms with Crippen molar-refractivity contribution in [1.82, 2.24) is 20.2 Å². The lowest BCUT2D eigenvalue weighted by Crippen LogP contribution is -2.39. The standard InChI is InChI=1S/C14H15BrN4O2S/c15-10-6-16-13(17-7-10)21-11-3-4-19(9-11)14(20)18-8-12-2-1-5-22-12/h1-2,5-7,11H,3-4,8-9H2,(H,18,20). The molecule has 1 aliphatic rings. The van der Waals surface area contributed by atoms with Crippen LogP contribution in [0.25, 0.3) is 0 Å². The van der Waals surface area contributed by atoms with Crippen molar-refractivity contribution in [3.8, 4) is 6.01 Å². The third-order valence-electron chi connectivity index (χ3n) is 3.29. The lowest BCUT2D eigenvalue weighted by atomic mass is 10.3. The lowest BCUT2D eigenvalue weighted by Gasteiger charge is -2.17. The van der Waals surface area contributed by atoms with Crippen LogP contribution in [0.4, 0.5) is 4.79 Å². The minimum Gasteiger partial charge on any atom is -0.458 e. The van der Waals surface area contributed by atoms with E-state index in [-0.39, 0.29) is 12.1 Å². The number of ether oxygens (including phenoxy) is 1. The molecule has 1 saturated heterocycles. The predicted molar refractivity (Wildman–Crippen MR) is 86.9 cm³/mol. The first-order valence-corrected chi connectivity index (χ1v) is 8.57. The molecule has 0 aromatic carbocycles. The van der Waals surface area contributed by atoms with Crippen LogP contribution in [-0.2, 0) is 6.54 Å². The Morgan fingerprint density at radius 1 is 1.50 bits per heavy atom. The fourth-order valence-corrected chi connectivity index (χ4v) is 3.06. The summed E-state index contributed by atoms with van der Waals surface area (Å²) >= 11 is 4.91. The zero-order valence-electron chi connectivity index (χ0n) is 11.7. The van der Waals surface area contributed by atoms with Crippen LogP contribution in [0, 0.1) is 0 Å². The summed E-state index contributed by atoms with van der Waals surface area (Å²) in [6.07, 6.45) is 4.01. The number of hydrogen-bond donors (Lipinski definition) is 1. The summed E-state index contributed by atoms with van der Waals surface area (Å²) < 4.78 is 6.50. The predicted octanol–water partition coefficient (Wildman–Crippen LogP) is 2.66. The van der Waals surface area contributed by atoms with Crippen molar-refractivity contribution in [2.45, 2.75) is 19.1 Å². The van der Waals surface area contributed by atoms with Gasteiger partial charge in [0.2, 0.25) is 0 Å². The van der Waals surface area contributed by atoms with Crippen molar-refractivity contribution < 1.29 is 9.53 Å². The van der Waals surface area contributed by atoms with E-state index < -0.39 is 0 Å². The van der Waals surface area contributed by atoms with Crippen LogP contribution in [0.3, 0.4) is 0 Å². The summed E-state index contributed by atoms with van der Waals surface area (Å²) in [5.74, 6) is 0. The van der Waals surface area contributed by atoms with Gasteiger partial charge in [0.15, 0.2) is 0 Å². The van der Waals surface area contributed by atoms with Crippen LogP contribution < -0.4 is 10.1 Å². The van der Waals surface area contributed by atoms with Crippen LogP contribution in [0.5, 0.6) is 6.01 Å². The molecule has 116 valence electrons. The number of nitrogens with zero attached hydrogens (tertiary/aromatic N) is 3. The summed E-state index contributed by atoms with van der Waals surface area (Å²) in [5, 5.41) is 4.92. The van der Waals surface area contributed by atoms with Crippen molar-refractivity contribution >= 4 is 33.3 Å². The molecule has 0 aliphatic carbocycles. The quantitative estimate of drug-likeness (QED) is 0.882. The van der Waals surface area contributed by atoms with Crippen molar-refractivity contribution in [2.75, 3.05) is 13.1 Å². The van der Waals surface area contributed by atoms with Gasteiger partial charge >= 0.3 is 12.0 Å². The molecule has 22 heavy (non-hydrogen) atoms. The molecule has 6 nitrogen and oxygen atoms in total. The zero-order chi connectivity index (χ0) is 15.4. The minimum atomic E-state index is -0.0614. The van der Waals surface area contributed by atoms with Gasteiger partial charge in [0.25, 0.3) is 0 Å². The summed E-state index contributed by atoms with van der Waals surface area (Å²) in [6.45, 7) is 1.79. The molecule has 1 N–H and O–H groups in total. The topological polar surface area (TPSA) is 67.4 Å². The van der Waals surface area contributed by atoms with Gasteiger partial charge in [-0.25, -0.2) is 14.8 Å². The van der Waals surface area contributed by atoms with Gasteiger partial charge in [-0.2, -0.15) is 0 Å². The summed E-state index contributed by atoms with van der Waals surface area (Å²) in [6, 6.07) is 4.26. The first kappa shape index (κ1) is 15.2. The second-order valence-corrected chi connectivity index (χ2v) is 6.84. The van der Waals surface area contributed by atoms with Crippen molar-refractivity contribution in [3.05, 3.63) is 39.3 Å².